The molecule has 0 aliphatic carbocycles. The molecule has 0 bridgehead atoms. The van der Waals surface area contributed by atoms with E-state index in [1.807, 2.05) is 0 Å². The molecule has 0 saturated heterocycles. The Hall–Kier alpha value is -1.59. The molecule has 20 heavy (non-hydrogen) atoms. The summed E-state index contributed by atoms with van der Waals surface area (Å²) in [6.45, 7) is 1.88. The molecule has 2 aromatic rings. The van der Waals surface area contributed by atoms with Crippen LogP contribution in [-0.2, 0) is 10.0 Å². The van der Waals surface area contributed by atoms with Gasteiger partial charge in [-0.25, -0.2) is 12.8 Å². The normalized spacial score (nSPS) is 11.3. The molecule has 106 valence electrons. The van der Waals surface area contributed by atoms with Crippen molar-refractivity contribution in [3.63, 3.8) is 0 Å². The summed E-state index contributed by atoms with van der Waals surface area (Å²) in [5.41, 5.74) is 0.285. The average Bonchev–Trinajstić information content (AvgIpc) is 2.39. The lowest BCUT2D eigenvalue weighted by atomic mass is 10.3. The third-order valence-electron chi connectivity index (χ3n) is 2.77. The largest absolute Gasteiger partial charge is 0.267 e. The first-order valence-electron chi connectivity index (χ1n) is 5.99. The number of nitrogens with zero attached hydrogens (tertiary/aromatic N) is 1. The van der Waals surface area contributed by atoms with Crippen LogP contribution in [0.1, 0.15) is 6.92 Å². The molecule has 0 radical (unpaired) electrons. The Morgan fingerprint density at radius 2 is 1.85 bits per heavy atom. The molecule has 0 spiro atoms. The van der Waals surface area contributed by atoms with Gasteiger partial charge < -0.3 is 0 Å². The zero-order valence-electron chi connectivity index (χ0n) is 10.8. The maximum absolute atomic E-state index is 13.3. The van der Waals surface area contributed by atoms with Gasteiger partial charge in [0, 0.05) is 11.6 Å². The summed E-state index contributed by atoms with van der Waals surface area (Å²) in [6, 6.07) is 11.5. The number of halogens is 2. The minimum Gasteiger partial charge on any atom is -0.267 e. The van der Waals surface area contributed by atoms with Crippen molar-refractivity contribution < 1.29 is 12.8 Å². The predicted octanol–water partition coefficient (Wildman–Crippen LogP) is 3.69. The molecule has 0 aliphatic heterocycles. The van der Waals surface area contributed by atoms with E-state index in [-0.39, 0.29) is 17.1 Å². The SMILES string of the molecule is CCN(c1cccc(F)c1)S(=O)(=O)c1cccc(Cl)c1. The van der Waals surface area contributed by atoms with E-state index >= 15 is 0 Å². The van der Waals surface area contributed by atoms with Crippen LogP contribution in [0.3, 0.4) is 0 Å². The van der Waals surface area contributed by atoms with E-state index in [1.54, 1.807) is 25.1 Å². The highest BCUT2D eigenvalue weighted by Gasteiger charge is 2.23. The number of hydrogen-bond acceptors (Lipinski definition) is 2. The molecule has 0 fully saturated rings. The zero-order valence-corrected chi connectivity index (χ0v) is 12.3. The van der Waals surface area contributed by atoms with E-state index in [1.165, 1.54) is 30.3 Å². The van der Waals surface area contributed by atoms with Crippen LogP contribution in [0, 0.1) is 5.82 Å². The van der Waals surface area contributed by atoms with Gasteiger partial charge in [0.25, 0.3) is 10.0 Å². The molecule has 2 aromatic carbocycles. The monoisotopic (exact) mass is 313 g/mol. The minimum atomic E-state index is -3.76. The quantitative estimate of drug-likeness (QED) is 0.863. The Labute approximate surface area is 122 Å². The molecule has 0 saturated carbocycles. The van der Waals surface area contributed by atoms with E-state index in [0.717, 1.165) is 4.31 Å². The van der Waals surface area contributed by atoms with Crippen LogP contribution in [0.5, 0.6) is 0 Å². The predicted molar refractivity (Wildman–Crippen MR) is 78.1 cm³/mol. The summed E-state index contributed by atoms with van der Waals surface area (Å²) >= 11 is 5.83. The van der Waals surface area contributed by atoms with Crippen LogP contribution in [0.2, 0.25) is 5.02 Å². The lowest BCUT2D eigenvalue weighted by molar-refractivity contribution is 0.591. The van der Waals surface area contributed by atoms with E-state index in [9.17, 15) is 12.8 Å². The third-order valence-corrected chi connectivity index (χ3v) is 4.90. The molecular weight excluding hydrogens is 301 g/mol. The highest BCUT2D eigenvalue weighted by molar-refractivity contribution is 7.92. The first-order chi connectivity index (χ1) is 9.45. The van der Waals surface area contributed by atoms with Crippen LogP contribution in [-0.4, -0.2) is 15.0 Å². The molecule has 6 heteroatoms. The number of benzene rings is 2. The van der Waals surface area contributed by atoms with E-state index in [4.69, 9.17) is 11.6 Å². The van der Waals surface area contributed by atoms with Crippen LogP contribution in [0.15, 0.2) is 53.4 Å². The molecule has 3 nitrogen and oxygen atoms in total. The van der Waals surface area contributed by atoms with E-state index < -0.39 is 15.8 Å². The zero-order chi connectivity index (χ0) is 14.8. The van der Waals surface area contributed by atoms with E-state index in [2.05, 4.69) is 0 Å². The van der Waals surface area contributed by atoms with Crippen LogP contribution < -0.4 is 4.31 Å². The van der Waals surface area contributed by atoms with Gasteiger partial charge in [-0.05, 0) is 43.3 Å². The second-order valence-electron chi connectivity index (χ2n) is 4.11. The summed E-state index contributed by atoms with van der Waals surface area (Å²) in [6.07, 6.45) is 0. The smallest absolute Gasteiger partial charge is 0.264 e. The number of hydrogen-bond donors (Lipinski definition) is 0. The van der Waals surface area contributed by atoms with Gasteiger partial charge in [0.2, 0.25) is 0 Å². The van der Waals surface area contributed by atoms with Gasteiger partial charge in [-0.2, -0.15) is 0 Å². The molecule has 0 amide bonds. The molecule has 0 atom stereocenters. The minimum absolute atomic E-state index is 0.0797. The summed E-state index contributed by atoms with van der Waals surface area (Å²) in [5, 5.41) is 0.335. The second-order valence-corrected chi connectivity index (χ2v) is 6.41. The maximum atomic E-state index is 13.3. The Kier molecular flexibility index (Phi) is 4.30. The maximum Gasteiger partial charge on any atom is 0.264 e. The molecule has 0 N–H and O–H groups in total. The Balaban J connectivity index is 2.50. The number of anilines is 1. The topological polar surface area (TPSA) is 37.4 Å². The second kappa shape index (κ2) is 5.81. The average molecular weight is 314 g/mol. The van der Waals surface area contributed by atoms with Crippen LogP contribution in [0.25, 0.3) is 0 Å². The van der Waals surface area contributed by atoms with E-state index in [0.29, 0.717) is 5.02 Å². The van der Waals surface area contributed by atoms with Crippen molar-refractivity contribution in [2.45, 2.75) is 11.8 Å². The molecule has 0 unspecified atom stereocenters. The van der Waals surface area contributed by atoms with Crippen molar-refractivity contribution in [3.8, 4) is 0 Å². The third kappa shape index (κ3) is 2.94. The van der Waals surface area contributed by atoms with Gasteiger partial charge in [0.05, 0.1) is 10.6 Å². The standard InChI is InChI=1S/C14H13ClFNO2S/c1-2-17(13-7-4-6-12(16)10-13)20(18,19)14-8-3-5-11(15)9-14/h3-10H,2H2,1H3. The first-order valence-corrected chi connectivity index (χ1v) is 7.81. The lowest BCUT2D eigenvalue weighted by Crippen LogP contribution is -2.30. The molecule has 0 aliphatic rings. The van der Waals surface area contributed by atoms with Crippen molar-refractivity contribution in [1.82, 2.24) is 0 Å². The fourth-order valence-corrected chi connectivity index (χ4v) is 3.64. The Morgan fingerprint density at radius 1 is 1.15 bits per heavy atom. The van der Waals surface area contributed by atoms with Gasteiger partial charge in [0.15, 0.2) is 0 Å². The number of rotatable bonds is 4. The van der Waals surface area contributed by atoms with Crippen molar-refractivity contribution >= 4 is 27.3 Å². The first kappa shape index (κ1) is 14.8. The summed E-state index contributed by atoms with van der Waals surface area (Å²) in [5.74, 6) is -0.484. The fraction of sp³-hybridized carbons (Fsp3) is 0.143. The van der Waals surface area contributed by atoms with Crippen molar-refractivity contribution in [1.29, 1.82) is 0 Å². The Morgan fingerprint density at radius 3 is 2.45 bits per heavy atom. The fourth-order valence-electron chi connectivity index (χ4n) is 1.88. The molecular formula is C14H13ClFNO2S. The van der Waals surface area contributed by atoms with Crippen molar-refractivity contribution in [2.24, 2.45) is 0 Å². The van der Waals surface area contributed by atoms with Gasteiger partial charge in [-0.1, -0.05) is 23.7 Å². The van der Waals surface area contributed by atoms with Gasteiger partial charge in [-0.3, -0.25) is 4.31 Å². The number of sulfonamides is 1. The van der Waals surface area contributed by atoms with Crippen molar-refractivity contribution in [2.75, 3.05) is 10.8 Å². The van der Waals surface area contributed by atoms with Crippen molar-refractivity contribution in [3.05, 3.63) is 59.4 Å². The van der Waals surface area contributed by atoms with Crippen LogP contribution >= 0.6 is 11.6 Å². The van der Waals surface area contributed by atoms with Gasteiger partial charge in [-0.15, -0.1) is 0 Å². The highest BCUT2D eigenvalue weighted by Crippen LogP contribution is 2.25. The molecule has 0 aromatic heterocycles. The van der Waals surface area contributed by atoms with Gasteiger partial charge in [0.1, 0.15) is 5.82 Å². The summed E-state index contributed by atoms with van der Waals surface area (Å²) < 4.78 is 39.6. The molecule has 0 heterocycles. The Bertz CT molecular complexity index is 719. The molecule has 2 rings (SSSR count). The highest BCUT2D eigenvalue weighted by atomic mass is 35.5. The van der Waals surface area contributed by atoms with Crippen LogP contribution in [0.4, 0.5) is 10.1 Å². The summed E-state index contributed by atoms with van der Waals surface area (Å²) in [4.78, 5) is 0.0797. The lowest BCUT2D eigenvalue weighted by Gasteiger charge is -2.23. The summed E-state index contributed by atoms with van der Waals surface area (Å²) in [7, 11) is -3.76. The van der Waals surface area contributed by atoms with Gasteiger partial charge >= 0.3 is 0 Å².